The van der Waals surface area contributed by atoms with E-state index in [4.69, 9.17) is 0 Å². The molecular weight excluding hydrogens is 258 g/mol. The van der Waals surface area contributed by atoms with E-state index in [-0.39, 0.29) is 0 Å². The molecule has 116 valence electrons. The van der Waals surface area contributed by atoms with Crippen molar-refractivity contribution in [3.05, 3.63) is 29.3 Å². The maximum Gasteiger partial charge on any atom is 0.0396 e. The van der Waals surface area contributed by atoms with Crippen LogP contribution < -0.4 is 10.2 Å². The van der Waals surface area contributed by atoms with E-state index in [0.29, 0.717) is 6.04 Å². The highest BCUT2D eigenvalue weighted by Crippen LogP contribution is 2.27. The molecule has 1 N–H and O–H groups in total. The normalized spacial score (nSPS) is 22.4. The largest absolute Gasteiger partial charge is 0.374 e. The molecule has 3 nitrogen and oxygen atoms in total. The summed E-state index contributed by atoms with van der Waals surface area (Å²) < 4.78 is 0. The van der Waals surface area contributed by atoms with E-state index in [1.54, 1.807) is 5.56 Å². The van der Waals surface area contributed by atoms with Gasteiger partial charge in [0.25, 0.3) is 0 Å². The zero-order chi connectivity index (χ0) is 14.7. The third-order valence-corrected chi connectivity index (χ3v) is 5.07. The van der Waals surface area contributed by atoms with E-state index in [1.807, 2.05) is 0 Å². The molecule has 1 fully saturated rings. The van der Waals surface area contributed by atoms with Gasteiger partial charge in [-0.2, -0.15) is 0 Å². The number of rotatable bonds is 4. The van der Waals surface area contributed by atoms with Gasteiger partial charge >= 0.3 is 0 Å². The second kappa shape index (κ2) is 6.80. The quantitative estimate of drug-likeness (QED) is 0.918. The second-order valence-electron chi connectivity index (χ2n) is 6.55. The van der Waals surface area contributed by atoms with Crippen LogP contribution in [0.1, 0.15) is 37.3 Å². The summed E-state index contributed by atoms with van der Waals surface area (Å²) in [6.45, 7) is 8.08. The van der Waals surface area contributed by atoms with Crippen molar-refractivity contribution in [3.63, 3.8) is 0 Å². The Hall–Kier alpha value is -1.06. The molecule has 3 rings (SSSR count). The predicted molar refractivity (Wildman–Crippen MR) is 90.0 cm³/mol. The molecule has 1 aromatic carbocycles. The topological polar surface area (TPSA) is 18.5 Å². The number of hydrogen-bond acceptors (Lipinski definition) is 3. The van der Waals surface area contributed by atoms with Crippen LogP contribution in [0.2, 0.25) is 0 Å². The molecule has 0 aromatic heterocycles. The van der Waals surface area contributed by atoms with Gasteiger partial charge in [-0.1, -0.05) is 19.1 Å². The molecule has 0 spiro atoms. The minimum absolute atomic E-state index is 0.711. The van der Waals surface area contributed by atoms with Gasteiger partial charge in [0.2, 0.25) is 0 Å². The van der Waals surface area contributed by atoms with Crippen molar-refractivity contribution in [3.8, 4) is 0 Å². The van der Waals surface area contributed by atoms with Gasteiger partial charge in [-0.15, -0.1) is 0 Å². The summed E-state index contributed by atoms with van der Waals surface area (Å²) in [5.41, 5.74) is 4.46. The number of anilines is 1. The smallest absolute Gasteiger partial charge is 0.0396 e. The minimum atomic E-state index is 0.711. The van der Waals surface area contributed by atoms with E-state index < -0.39 is 0 Å². The highest BCUT2D eigenvalue weighted by Gasteiger charge is 2.20. The first-order valence-corrected chi connectivity index (χ1v) is 8.55. The van der Waals surface area contributed by atoms with Crippen LogP contribution in [0.25, 0.3) is 0 Å². The Bertz CT molecular complexity index is 466. The lowest BCUT2D eigenvalue weighted by Crippen LogP contribution is -2.45. The minimum Gasteiger partial charge on any atom is -0.374 e. The molecule has 21 heavy (non-hydrogen) atoms. The standard InChI is InChI=1S/C18H29N3/c1-3-21(17-7-4-10-19-13-17)14-15-8-9-18-16(12-15)6-5-11-20(18)2/h8-9,12,17,19H,3-7,10-11,13-14H2,1-2H3. The molecule has 1 atom stereocenters. The van der Waals surface area contributed by atoms with Crippen LogP contribution >= 0.6 is 0 Å². The molecular formula is C18H29N3. The van der Waals surface area contributed by atoms with Crippen LogP contribution in [-0.4, -0.2) is 44.2 Å². The Balaban J connectivity index is 1.71. The lowest BCUT2D eigenvalue weighted by molar-refractivity contribution is 0.166. The summed E-state index contributed by atoms with van der Waals surface area (Å²) in [6.07, 6.45) is 5.19. The Morgan fingerprint density at radius 1 is 1.33 bits per heavy atom. The molecule has 0 bridgehead atoms. The van der Waals surface area contributed by atoms with Gasteiger partial charge in [0, 0.05) is 38.4 Å². The fourth-order valence-electron chi connectivity index (χ4n) is 3.82. The van der Waals surface area contributed by atoms with Crippen LogP contribution in [-0.2, 0) is 13.0 Å². The third-order valence-electron chi connectivity index (χ3n) is 5.07. The molecule has 1 unspecified atom stereocenters. The van der Waals surface area contributed by atoms with E-state index in [1.165, 1.54) is 50.0 Å². The third kappa shape index (κ3) is 3.41. The first kappa shape index (κ1) is 14.9. The van der Waals surface area contributed by atoms with Gasteiger partial charge in [-0.05, 0) is 56.0 Å². The van der Waals surface area contributed by atoms with E-state index in [0.717, 1.165) is 19.6 Å². The highest BCUT2D eigenvalue weighted by molar-refractivity contribution is 5.56. The van der Waals surface area contributed by atoms with Crippen molar-refractivity contribution in [1.82, 2.24) is 10.2 Å². The predicted octanol–water partition coefficient (Wildman–Crippen LogP) is 2.64. The first-order valence-electron chi connectivity index (χ1n) is 8.55. The SMILES string of the molecule is CCN(Cc1ccc2c(c1)CCCN2C)C1CCCNC1. The summed E-state index contributed by atoms with van der Waals surface area (Å²) >= 11 is 0. The molecule has 1 saturated heterocycles. The molecule has 0 radical (unpaired) electrons. The number of piperidine rings is 1. The number of benzene rings is 1. The van der Waals surface area contributed by atoms with Crippen molar-refractivity contribution >= 4 is 5.69 Å². The summed E-state index contributed by atoms with van der Waals surface area (Å²) in [7, 11) is 2.21. The maximum atomic E-state index is 3.54. The van der Waals surface area contributed by atoms with Gasteiger partial charge in [-0.25, -0.2) is 0 Å². The van der Waals surface area contributed by atoms with Gasteiger partial charge in [0.05, 0.1) is 0 Å². The van der Waals surface area contributed by atoms with Gasteiger partial charge in [0.1, 0.15) is 0 Å². The molecule has 0 aliphatic carbocycles. The van der Waals surface area contributed by atoms with Crippen LogP contribution in [0.5, 0.6) is 0 Å². The second-order valence-corrected chi connectivity index (χ2v) is 6.55. The summed E-state index contributed by atoms with van der Waals surface area (Å²) in [5, 5.41) is 3.54. The van der Waals surface area contributed by atoms with E-state index in [2.05, 4.69) is 47.3 Å². The molecule has 2 aliphatic heterocycles. The fourth-order valence-corrected chi connectivity index (χ4v) is 3.82. The molecule has 0 saturated carbocycles. The van der Waals surface area contributed by atoms with Crippen molar-refractivity contribution in [2.75, 3.05) is 38.1 Å². The number of nitrogens with zero attached hydrogens (tertiary/aromatic N) is 2. The first-order chi connectivity index (χ1) is 10.3. The fraction of sp³-hybridized carbons (Fsp3) is 0.667. The van der Waals surface area contributed by atoms with Crippen LogP contribution in [0.15, 0.2) is 18.2 Å². The van der Waals surface area contributed by atoms with Crippen molar-refractivity contribution < 1.29 is 0 Å². The average Bonchev–Trinajstić information content (AvgIpc) is 2.53. The van der Waals surface area contributed by atoms with Gasteiger partial charge in [0.15, 0.2) is 0 Å². The Labute approximate surface area is 129 Å². The van der Waals surface area contributed by atoms with E-state index >= 15 is 0 Å². The molecule has 3 heteroatoms. The van der Waals surface area contributed by atoms with Crippen molar-refractivity contribution in [2.24, 2.45) is 0 Å². The Kier molecular flexibility index (Phi) is 4.81. The van der Waals surface area contributed by atoms with Crippen LogP contribution in [0.3, 0.4) is 0 Å². The zero-order valence-corrected chi connectivity index (χ0v) is 13.6. The molecule has 2 aliphatic rings. The van der Waals surface area contributed by atoms with Crippen molar-refractivity contribution in [2.45, 2.75) is 45.2 Å². The monoisotopic (exact) mass is 287 g/mol. The van der Waals surface area contributed by atoms with Crippen LogP contribution in [0.4, 0.5) is 5.69 Å². The van der Waals surface area contributed by atoms with Crippen molar-refractivity contribution in [1.29, 1.82) is 0 Å². The summed E-state index contributed by atoms with van der Waals surface area (Å²) in [5.74, 6) is 0. The zero-order valence-electron chi connectivity index (χ0n) is 13.6. The number of nitrogens with one attached hydrogen (secondary N) is 1. The lowest BCUT2D eigenvalue weighted by Gasteiger charge is -2.34. The van der Waals surface area contributed by atoms with E-state index in [9.17, 15) is 0 Å². The van der Waals surface area contributed by atoms with Gasteiger partial charge < -0.3 is 10.2 Å². The lowest BCUT2D eigenvalue weighted by atomic mass is 9.98. The number of likely N-dealkylation sites (N-methyl/N-ethyl adjacent to an activating group) is 1. The van der Waals surface area contributed by atoms with Gasteiger partial charge in [-0.3, -0.25) is 4.90 Å². The molecule has 2 heterocycles. The maximum absolute atomic E-state index is 3.54. The summed E-state index contributed by atoms with van der Waals surface area (Å²) in [6, 6.07) is 7.82. The molecule has 1 aromatic rings. The highest BCUT2D eigenvalue weighted by atomic mass is 15.2. The average molecular weight is 287 g/mol. The Morgan fingerprint density at radius 3 is 3.00 bits per heavy atom. The number of aryl methyl sites for hydroxylation is 1. The molecule has 0 amide bonds. The number of fused-ring (bicyclic) bond motifs is 1. The van der Waals surface area contributed by atoms with Crippen LogP contribution in [0, 0.1) is 0 Å². The Morgan fingerprint density at radius 2 is 2.24 bits per heavy atom. The number of hydrogen-bond donors (Lipinski definition) is 1. The summed E-state index contributed by atoms with van der Waals surface area (Å²) in [4.78, 5) is 5.03.